The first-order valence-electron chi connectivity index (χ1n) is 6.14. The van der Waals surface area contributed by atoms with Gasteiger partial charge in [-0.3, -0.25) is 10.2 Å². The Hall–Kier alpha value is -2.26. The number of carbonyl (C=O) groups is 2. The number of halogens is 1. The van der Waals surface area contributed by atoms with Crippen LogP contribution in [0.3, 0.4) is 0 Å². The molecule has 9 heteroatoms. The average molecular weight is 384 g/mol. The lowest BCUT2D eigenvalue weighted by Gasteiger charge is -2.08. The van der Waals surface area contributed by atoms with Crippen LogP contribution in [0.1, 0.15) is 9.67 Å². The summed E-state index contributed by atoms with van der Waals surface area (Å²) in [5.74, 6) is 0.796. The van der Waals surface area contributed by atoms with Gasteiger partial charge in [0.2, 0.25) is 6.79 Å². The second-order valence-electron chi connectivity index (χ2n) is 4.21. The Morgan fingerprint density at radius 3 is 2.68 bits per heavy atom. The van der Waals surface area contributed by atoms with Gasteiger partial charge in [0, 0.05) is 11.8 Å². The summed E-state index contributed by atoms with van der Waals surface area (Å²) in [6.45, 7) is 0.164. The molecular formula is C13H10BrN3O4S. The first-order chi connectivity index (χ1) is 10.6. The number of nitrogens with one attached hydrogen (secondary N) is 3. The fourth-order valence-corrected chi connectivity index (χ4v) is 3.03. The maximum atomic E-state index is 11.8. The molecule has 0 atom stereocenters. The van der Waals surface area contributed by atoms with Gasteiger partial charge in [-0.1, -0.05) is 0 Å². The van der Waals surface area contributed by atoms with E-state index < -0.39 is 11.9 Å². The molecule has 0 saturated carbocycles. The number of ether oxygens (including phenoxy) is 2. The van der Waals surface area contributed by atoms with Gasteiger partial charge in [-0.15, -0.1) is 11.3 Å². The topological polar surface area (TPSA) is 88.7 Å². The van der Waals surface area contributed by atoms with Crippen LogP contribution in [0.4, 0.5) is 10.5 Å². The Balaban J connectivity index is 1.53. The second kappa shape index (κ2) is 6.24. The zero-order valence-corrected chi connectivity index (χ0v) is 13.4. The normalized spacial score (nSPS) is 11.9. The molecule has 0 unspecified atom stereocenters. The van der Waals surface area contributed by atoms with Gasteiger partial charge >= 0.3 is 6.03 Å². The van der Waals surface area contributed by atoms with Gasteiger partial charge in [0.05, 0.1) is 8.66 Å². The number of hydrogen-bond donors (Lipinski definition) is 3. The van der Waals surface area contributed by atoms with Crippen molar-refractivity contribution >= 4 is 44.9 Å². The van der Waals surface area contributed by atoms with Gasteiger partial charge < -0.3 is 14.8 Å². The number of thiophene rings is 1. The van der Waals surface area contributed by atoms with Crippen molar-refractivity contribution in [2.75, 3.05) is 12.1 Å². The maximum absolute atomic E-state index is 11.8. The molecule has 0 aliphatic carbocycles. The van der Waals surface area contributed by atoms with Gasteiger partial charge in [-0.05, 0) is 40.2 Å². The Morgan fingerprint density at radius 2 is 1.91 bits per heavy atom. The number of rotatable bonds is 2. The smallest absolute Gasteiger partial charge is 0.337 e. The van der Waals surface area contributed by atoms with Crippen molar-refractivity contribution in [3.05, 3.63) is 39.0 Å². The molecule has 0 saturated heterocycles. The highest BCUT2D eigenvalue weighted by Crippen LogP contribution is 2.34. The van der Waals surface area contributed by atoms with E-state index >= 15 is 0 Å². The highest BCUT2D eigenvalue weighted by atomic mass is 79.9. The van der Waals surface area contributed by atoms with Gasteiger partial charge in [0.25, 0.3) is 5.91 Å². The average Bonchev–Trinajstić information content (AvgIpc) is 3.13. The summed E-state index contributed by atoms with van der Waals surface area (Å²) >= 11 is 4.53. The molecule has 2 aromatic rings. The molecule has 0 bridgehead atoms. The Kier molecular flexibility index (Phi) is 4.16. The molecule has 3 rings (SSSR count). The minimum atomic E-state index is -0.567. The molecule has 0 spiro atoms. The van der Waals surface area contributed by atoms with E-state index in [1.54, 1.807) is 30.3 Å². The van der Waals surface area contributed by atoms with E-state index in [0.29, 0.717) is 22.1 Å². The van der Waals surface area contributed by atoms with E-state index in [4.69, 9.17) is 9.47 Å². The molecule has 1 aliphatic heterocycles. The molecule has 22 heavy (non-hydrogen) atoms. The molecule has 114 valence electrons. The van der Waals surface area contributed by atoms with Gasteiger partial charge in [-0.25, -0.2) is 10.2 Å². The van der Waals surface area contributed by atoms with E-state index in [2.05, 4.69) is 32.1 Å². The number of amides is 3. The van der Waals surface area contributed by atoms with Crippen molar-refractivity contribution < 1.29 is 19.1 Å². The summed E-state index contributed by atoms with van der Waals surface area (Å²) in [4.78, 5) is 24.0. The molecule has 1 aliphatic rings. The zero-order chi connectivity index (χ0) is 15.5. The lowest BCUT2D eigenvalue weighted by Crippen LogP contribution is -2.43. The van der Waals surface area contributed by atoms with E-state index in [9.17, 15) is 9.59 Å². The van der Waals surface area contributed by atoms with Crippen LogP contribution in [0.25, 0.3) is 0 Å². The molecule has 7 nitrogen and oxygen atoms in total. The highest BCUT2D eigenvalue weighted by Gasteiger charge is 2.14. The van der Waals surface area contributed by atoms with Crippen molar-refractivity contribution in [2.24, 2.45) is 0 Å². The van der Waals surface area contributed by atoms with Crippen LogP contribution in [-0.4, -0.2) is 18.7 Å². The number of urea groups is 1. The summed E-state index contributed by atoms with van der Waals surface area (Å²) in [6.07, 6.45) is 0. The largest absolute Gasteiger partial charge is 0.454 e. The maximum Gasteiger partial charge on any atom is 0.337 e. The first-order valence-corrected chi connectivity index (χ1v) is 7.75. The molecule has 2 heterocycles. The van der Waals surface area contributed by atoms with Crippen molar-refractivity contribution in [1.29, 1.82) is 0 Å². The quantitative estimate of drug-likeness (QED) is 0.695. The summed E-state index contributed by atoms with van der Waals surface area (Å²) < 4.78 is 11.2. The van der Waals surface area contributed by atoms with Crippen molar-refractivity contribution in [3.8, 4) is 11.5 Å². The third-order valence-corrected chi connectivity index (χ3v) is 4.34. The first kappa shape index (κ1) is 14.7. The SMILES string of the molecule is O=C(NNC(=O)c1ccc(Br)s1)Nc1ccc2c(c1)OCO2. The number of anilines is 1. The number of carbonyl (C=O) groups excluding carboxylic acids is 2. The van der Waals surface area contributed by atoms with Crippen LogP contribution in [0, 0.1) is 0 Å². The molecule has 3 amide bonds. The number of benzene rings is 1. The van der Waals surface area contributed by atoms with Crippen LogP contribution >= 0.6 is 27.3 Å². The highest BCUT2D eigenvalue weighted by molar-refractivity contribution is 9.11. The van der Waals surface area contributed by atoms with Crippen LogP contribution in [-0.2, 0) is 0 Å². The molecule has 0 radical (unpaired) electrons. The summed E-state index contributed by atoms with van der Waals surface area (Å²) in [7, 11) is 0. The lowest BCUT2D eigenvalue weighted by atomic mass is 10.3. The van der Waals surface area contributed by atoms with Crippen molar-refractivity contribution in [2.45, 2.75) is 0 Å². The third-order valence-electron chi connectivity index (χ3n) is 2.72. The van der Waals surface area contributed by atoms with Crippen LogP contribution in [0.15, 0.2) is 34.1 Å². The number of hydrazine groups is 1. The standard InChI is InChI=1S/C13H10BrN3O4S/c14-11-4-3-10(22-11)12(18)16-17-13(19)15-7-1-2-8-9(5-7)21-6-20-8/h1-5H,6H2,(H,16,18)(H2,15,17,19). The van der Waals surface area contributed by atoms with Crippen LogP contribution in [0.2, 0.25) is 0 Å². The lowest BCUT2D eigenvalue weighted by molar-refractivity contribution is 0.0942. The van der Waals surface area contributed by atoms with Gasteiger partial charge in [0.1, 0.15) is 0 Å². The van der Waals surface area contributed by atoms with Crippen molar-refractivity contribution in [1.82, 2.24) is 10.9 Å². The van der Waals surface area contributed by atoms with E-state index in [1.165, 1.54) is 11.3 Å². The Bertz CT molecular complexity index is 734. The summed E-state index contributed by atoms with van der Waals surface area (Å²) in [5, 5.41) is 2.58. The molecule has 0 fully saturated rings. The zero-order valence-electron chi connectivity index (χ0n) is 11.0. The third kappa shape index (κ3) is 3.31. The predicted octanol–water partition coefficient (Wildman–Crippen LogP) is 2.71. The van der Waals surface area contributed by atoms with Crippen molar-refractivity contribution in [3.63, 3.8) is 0 Å². The number of fused-ring (bicyclic) bond motifs is 1. The van der Waals surface area contributed by atoms with Gasteiger partial charge in [0.15, 0.2) is 11.5 Å². The van der Waals surface area contributed by atoms with Crippen LogP contribution < -0.4 is 25.6 Å². The van der Waals surface area contributed by atoms with Crippen LogP contribution in [0.5, 0.6) is 11.5 Å². The molecule has 3 N–H and O–H groups in total. The van der Waals surface area contributed by atoms with E-state index in [-0.39, 0.29) is 6.79 Å². The van der Waals surface area contributed by atoms with E-state index in [0.717, 1.165) is 3.79 Å². The summed E-state index contributed by atoms with van der Waals surface area (Å²) in [6, 6.07) is 7.85. The van der Waals surface area contributed by atoms with Gasteiger partial charge in [-0.2, -0.15) is 0 Å². The Morgan fingerprint density at radius 1 is 1.09 bits per heavy atom. The molecular weight excluding hydrogens is 374 g/mol. The fraction of sp³-hybridized carbons (Fsp3) is 0.0769. The second-order valence-corrected chi connectivity index (χ2v) is 6.67. The predicted molar refractivity (Wildman–Crippen MR) is 84.2 cm³/mol. The number of hydrogen-bond acceptors (Lipinski definition) is 5. The molecule has 1 aromatic heterocycles. The van der Waals surface area contributed by atoms with E-state index in [1.807, 2.05) is 0 Å². The molecule has 1 aromatic carbocycles. The fourth-order valence-electron chi connectivity index (χ4n) is 1.75. The minimum absolute atomic E-state index is 0.164. The minimum Gasteiger partial charge on any atom is -0.454 e. The summed E-state index contributed by atoms with van der Waals surface area (Å²) in [5.41, 5.74) is 5.12. The monoisotopic (exact) mass is 383 g/mol. The Labute approximate surface area is 137 Å².